The zero-order valence-corrected chi connectivity index (χ0v) is 13.2. The summed E-state index contributed by atoms with van der Waals surface area (Å²) in [4.78, 5) is 24.8. The van der Waals surface area contributed by atoms with E-state index in [1.165, 1.54) is 11.3 Å². The van der Waals surface area contributed by atoms with E-state index in [1.54, 1.807) is 11.4 Å². The molecule has 1 heterocycles. The summed E-state index contributed by atoms with van der Waals surface area (Å²) < 4.78 is 0.884. The van der Waals surface area contributed by atoms with Crippen molar-refractivity contribution in [1.29, 1.82) is 0 Å². The van der Waals surface area contributed by atoms with E-state index < -0.39 is 0 Å². The molecule has 1 N–H and O–H groups in total. The Hall–Kier alpha value is -2.46. The molecule has 0 aliphatic rings. The first-order valence-corrected chi connectivity index (χ1v) is 7.83. The maximum absolute atomic E-state index is 12.4. The predicted octanol–water partition coefficient (Wildman–Crippen LogP) is 4.13. The van der Waals surface area contributed by atoms with Crippen molar-refractivity contribution in [3.8, 4) is 0 Å². The molecule has 3 aromatic rings. The summed E-state index contributed by atoms with van der Waals surface area (Å²) in [6.45, 7) is 4.00. The van der Waals surface area contributed by atoms with Crippen LogP contribution in [0, 0.1) is 13.8 Å². The largest absolute Gasteiger partial charge is 0.322 e. The molecule has 0 aliphatic carbocycles. The van der Waals surface area contributed by atoms with Gasteiger partial charge in [0.2, 0.25) is 5.43 Å². The normalized spacial score (nSPS) is 10.6. The van der Waals surface area contributed by atoms with Gasteiger partial charge >= 0.3 is 0 Å². The van der Waals surface area contributed by atoms with E-state index >= 15 is 0 Å². The topological polar surface area (TPSA) is 46.2 Å². The standard InChI is InChI=1S/C18H15NO2S/c1-11-7-8-13(9-12(11)2)19-18(21)15-10-22-16-6-4-3-5-14(16)17(15)20/h3-10H,1-2H3,(H,19,21). The highest BCUT2D eigenvalue weighted by molar-refractivity contribution is 7.16. The van der Waals surface area contributed by atoms with Crippen molar-refractivity contribution in [3.63, 3.8) is 0 Å². The lowest BCUT2D eigenvalue weighted by atomic mass is 10.1. The molecular formula is C18H15NO2S. The molecule has 0 aliphatic heterocycles. The maximum Gasteiger partial charge on any atom is 0.260 e. The van der Waals surface area contributed by atoms with Gasteiger partial charge < -0.3 is 5.32 Å². The Morgan fingerprint density at radius 1 is 1.05 bits per heavy atom. The Bertz CT molecular complexity index is 928. The van der Waals surface area contributed by atoms with E-state index in [9.17, 15) is 9.59 Å². The van der Waals surface area contributed by atoms with Crippen LogP contribution in [0.1, 0.15) is 21.5 Å². The van der Waals surface area contributed by atoms with E-state index in [0.29, 0.717) is 11.1 Å². The average molecular weight is 309 g/mol. The van der Waals surface area contributed by atoms with E-state index in [-0.39, 0.29) is 16.9 Å². The van der Waals surface area contributed by atoms with Gasteiger partial charge in [0.1, 0.15) is 0 Å². The summed E-state index contributed by atoms with van der Waals surface area (Å²) in [6, 6.07) is 13.0. The summed E-state index contributed by atoms with van der Waals surface area (Å²) in [5.74, 6) is -0.366. The minimum absolute atomic E-state index is 0.182. The fourth-order valence-corrected chi connectivity index (χ4v) is 3.16. The molecule has 4 heteroatoms. The van der Waals surface area contributed by atoms with Gasteiger partial charge in [0, 0.05) is 21.2 Å². The Kier molecular flexibility index (Phi) is 3.77. The van der Waals surface area contributed by atoms with Gasteiger partial charge in [-0.1, -0.05) is 18.2 Å². The van der Waals surface area contributed by atoms with E-state index in [2.05, 4.69) is 5.32 Å². The first kappa shape index (κ1) is 14.5. The van der Waals surface area contributed by atoms with Gasteiger partial charge in [-0.2, -0.15) is 0 Å². The fourth-order valence-electron chi connectivity index (χ4n) is 2.25. The second-order valence-electron chi connectivity index (χ2n) is 5.23. The number of hydrogen-bond donors (Lipinski definition) is 1. The molecule has 1 amide bonds. The van der Waals surface area contributed by atoms with E-state index in [0.717, 1.165) is 15.8 Å². The maximum atomic E-state index is 12.4. The summed E-state index contributed by atoms with van der Waals surface area (Å²) in [6.07, 6.45) is 0. The summed E-state index contributed by atoms with van der Waals surface area (Å²) in [5.41, 5.74) is 2.92. The van der Waals surface area contributed by atoms with E-state index in [1.807, 2.05) is 50.2 Å². The number of rotatable bonds is 2. The Balaban J connectivity index is 1.97. The molecule has 1 aromatic heterocycles. The SMILES string of the molecule is Cc1ccc(NC(=O)c2csc3ccccc3c2=O)cc1C. The van der Waals surface area contributed by atoms with Crippen LogP contribution in [-0.4, -0.2) is 5.91 Å². The number of carbonyl (C=O) groups excluding carboxylic acids is 1. The van der Waals surface area contributed by atoms with Crippen molar-refractivity contribution < 1.29 is 4.79 Å². The lowest BCUT2D eigenvalue weighted by molar-refractivity contribution is 0.102. The number of aryl methyl sites for hydroxylation is 2. The number of amides is 1. The summed E-state index contributed by atoms with van der Waals surface area (Å²) >= 11 is 1.40. The zero-order chi connectivity index (χ0) is 15.7. The van der Waals surface area contributed by atoms with Gasteiger partial charge in [-0.25, -0.2) is 0 Å². The lowest BCUT2D eigenvalue weighted by Crippen LogP contribution is -2.20. The van der Waals surface area contributed by atoms with E-state index in [4.69, 9.17) is 0 Å². The first-order valence-electron chi connectivity index (χ1n) is 6.95. The quantitative estimate of drug-likeness (QED) is 0.773. The molecule has 0 unspecified atom stereocenters. The molecule has 0 saturated heterocycles. The number of fused-ring (bicyclic) bond motifs is 1. The van der Waals surface area contributed by atoms with Crippen LogP contribution in [-0.2, 0) is 0 Å². The van der Waals surface area contributed by atoms with Gasteiger partial charge in [0.15, 0.2) is 0 Å². The number of benzene rings is 2. The molecule has 0 saturated carbocycles. The molecule has 0 atom stereocenters. The molecular weight excluding hydrogens is 294 g/mol. The van der Waals surface area contributed by atoms with Crippen LogP contribution in [0.5, 0.6) is 0 Å². The highest BCUT2D eigenvalue weighted by Gasteiger charge is 2.13. The highest BCUT2D eigenvalue weighted by Crippen LogP contribution is 2.18. The summed E-state index contributed by atoms with van der Waals surface area (Å²) in [5, 5.41) is 5.01. The van der Waals surface area contributed by atoms with Crippen molar-refractivity contribution in [2.45, 2.75) is 13.8 Å². The van der Waals surface area contributed by atoms with Crippen LogP contribution in [0.25, 0.3) is 10.1 Å². The Morgan fingerprint density at radius 3 is 2.59 bits per heavy atom. The molecule has 0 spiro atoms. The van der Waals surface area contributed by atoms with Crippen LogP contribution in [0.2, 0.25) is 0 Å². The minimum atomic E-state index is -0.366. The van der Waals surface area contributed by atoms with Gasteiger partial charge in [-0.15, -0.1) is 11.3 Å². The molecule has 0 bridgehead atoms. The minimum Gasteiger partial charge on any atom is -0.322 e. The number of nitrogens with one attached hydrogen (secondary N) is 1. The second-order valence-corrected chi connectivity index (χ2v) is 6.14. The van der Waals surface area contributed by atoms with Crippen molar-refractivity contribution >= 4 is 33.0 Å². The molecule has 0 radical (unpaired) electrons. The number of carbonyl (C=O) groups is 1. The highest BCUT2D eigenvalue weighted by atomic mass is 32.1. The molecule has 3 rings (SSSR count). The van der Waals surface area contributed by atoms with Crippen molar-refractivity contribution in [2.75, 3.05) is 5.32 Å². The van der Waals surface area contributed by atoms with Crippen molar-refractivity contribution in [3.05, 3.63) is 74.8 Å². The first-order chi connectivity index (χ1) is 10.6. The van der Waals surface area contributed by atoms with Gasteiger partial charge in [-0.05, 0) is 49.2 Å². The van der Waals surface area contributed by atoms with Gasteiger partial charge in [0.25, 0.3) is 5.91 Å². The zero-order valence-electron chi connectivity index (χ0n) is 12.3. The number of hydrogen-bond acceptors (Lipinski definition) is 3. The summed E-state index contributed by atoms with van der Waals surface area (Å²) in [7, 11) is 0. The molecule has 2 aromatic carbocycles. The molecule has 110 valence electrons. The van der Waals surface area contributed by atoms with Gasteiger partial charge in [0.05, 0.1) is 5.56 Å². The predicted molar refractivity (Wildman–Crippen MR) is 92.0 cm³/mol. The Morgan fingerprint density at radius 2 is 1.82 bits per heavy atom. The third-order valence-corrected chi connectivity index (χ3v) is 4.65. The second kappa shape index (κ2) is 5.73. The molecule has 22 heavy (non-hydrogen) atoms. The molecule has 0 fully saturated rings. The third-order valence-electron chi connectivity index (χ3n) is 3.69. The monoisotopic (exact) mass is 309 g/mol. The fraction of sp³-hybridized carbons (Fsp3) is 0.111. The van der Waals surface area contributed by atoms with Crippen molar-refractivity contribution in [2.24, 2.45) is 0 Å². The van der Waals surface area contributed by atoms with Crippen LogP contribution < -0.4 is 10.7 Å². The van der Waals surface area contributed by atoms with Crippen LogP contribution >= 0.6 is 11.3 Å². The van der Waals surface area contributed by atoms with Gasteiger partial charge in [-0.3, -0.25) is 9.59 Å². The smallest absolute Gasteiger partial charge is 0.260 e. The van der Waals surface area contributed by atoms with Crippen LogP contribution in [0.15, 0.2) is 52.6 Å². The van der Waals surface area contributed by atoms with Crippen LogP contribution in [0.4, 0.5) is 5.69 Å². The lowest BCUT2D eigenvalue weighted by Gasteiger charge is -2.07. The Labute approximate surface area is 132 Å². The van der Waals surface area contributed by atoms with Crippen LogP contribution in [0.3, 0.4) is 0 Å². The molecule has 3 nitrogen and oxygen atoms in total. The third kappa shape index (κ3) is 2.65. The van der Waals surface area contributed by atoms with Crippen molar-refractivity contribution in [1.82, 2.24) is 0 Å². The average Bonchev–Trinajstić information content (AvgIpc) is 2.51. The number of anilines is 1.